The van der Waals surface area contributed by atoms with Gasteiger partial charge >= 0.3 is 0 Å². The first kappa shape index (κ1) is 18.7. The van der Waals surface area contributed by atoms with E-state index in [2.05, 4.69) is 10.1 Å². The van der Waals surface area contributed by atoms with E-state index in [-0.39, 0.29) is 42.0 Å². The Morgan fingerprint density at radius 3 is 2.54 bits per heavy atom. The van der Waals surface area contributed by atoms with Gasteiger partial charge in [-0.05, 0) is 25.1 Å². The summed E-state index contributed by atoms with van der Waals surface area (Å²) in [7, 11) is -3.80. The molecule has 2 heterocycles. The molecule has 1 fully saturated rings. The fourth-order valence-electron chi connectivity index (χ4n) is 2.73. The number of aromatic nitrogens is 3. The number of hydrogen-bond donors (Lipinski definition) is 0. The summed E-state index contributed by atoms with van der Waals surface area (Å²) in [6.45, 7) is 2.51. The Balaban J connectivity index is 1.67. The minimum absolute atomic E-state index is 0.0698. The number of nitrogens with zero attached hydrogens (tertiary/aromatic N) is 5. The van der Waals surface area contributed by atoms with Gasteiger partial charge in [-0.1, -0.05) is 11.6 Å². The zero-order valence-electron chi connectivity index (χ0n) is 13.9. The van der Waals surface area contributed by atoms with Crippen LogP contribution in [0.2, 0.25) is 5.02 Å². The van der Waals surface area contributed by atoms with Crippen molar-refractivity contribution in [3.8, 4) is 0 Å². The lowest BCUT2D eigenvalue weighted by Crippen LogP contribution is -2.51. The molecule has 140 valence electrons. The van der Waals surface area contributed by atoms with Crippen LogP contribution in [-0.2, 0) is 14.8 Å². The number of piperazine rings is 1. The third-order valence-electron chi connectivity index (χ3n) is 4.27. The molecule has 8 nitrogen and oxygen atoms in total. The zero-order valence-corrected chi connectivity index (χ0v) is 15.5. The van der Waals surface area contributed by atoms with Gasteiger partial charge in [-0.25, -0.2) is 22.5 Å². The maximum absolute atomic E-state index is 13.3. The molecule has 1 aliphatic rings. The smallest absolute Gasteiger partial charge is 0.247 e. The van der Waals surface area contributed by atoms with Gasteiger partial charge in [-0.2, -0.15) is 9.40 Å². The van der Waals surface area contributed by atoms with Crippen LogP contribution in [0.15, 0.2) is 35.7 Å². The van der Waals surface area contributed by atoms with Crippen molar-refractivity contribution in [1.29, 1.82) is 0 Å². The summed E-state index contributed by atoms with van der Waals surface area (Å²) in [5.74, 6) is -0.833. The van der Waals surface area contributed by atoms with Crippen LogP contribution in [0, 0.1) is 5.82 Å². The number of hydrogen-bond acceptors (Lipinski definition) is 5. The van der Waals surface area contributed by atoms with Crippen molar-refractivity contribution in [3.05, 3.63) is 41.7 Å². The van der Waals surface area contributed by atoms with E-state index in [1.54, 1.807) is 11.8 Å². The molecule has 1 aromatic heterocycles. The molecule has 11 heteroatoms. The third kappa shape index (κ3) is 3.57. The number of amides is 1. The average molecular weight is 402 g/mol. The van der Waals surface area contributed by atoms with Gasteiger partial charge in [0.1, 0.15) is 24.5 Å². The highest BCUT2D eigenvalue weighted by atomic mass is 35.5. The van der Waals surface area contributed by atoms with Gasteiger partial charge in [0.25, 0.3) is 0 Å². The molecule has 1 amide bonds. The van der Waals surface area contributed by atoms with Crippen molar-refractivity contribution >= 4 is 27.5 Å². The van der Waals surface area contributed by atoms with Crippen molar-refractivity contribution in [3.63, 3.8) is 0 Å². The molecule has 0 aliphatic carbocycles. The lowest BCUT2D eigenvalue weighted by Gasteiger charge is -2.35. The van der Waals surface area contributed by atoms with Gasteiger partial charge in [0.2, 0.25) is 15.9 Å². The first-order valence-electron chi connectivity index (χ1n) is 7.89. The van der Waals surface area contributed by atoms with Gasteiger partial charge in [-0.3, -0.25) is 4.79 Å². The van der Waals surface area contributed by atoms with Gasteiger partial charge in [0.15, 0.2) is 0 Å². The second-order valence-electron chi connectivity index (χ2n) is 5.86. The van der Waals surface area contributed by atoms with Crippen LogP contribution >= 0.6 is 11.6 Å². The number of rotatable bonds is 4. The van der Waals surface area contributed by atoms with Crippen molar-refractivity contribution in [2.45, 2.75) is 17.9 Å². The summed E-state index contributed by atoms with van der Waals surface area (Å²) in [5.41, 5.74) is 0. The fourth-order valence-corrected chi connectivity index (χ4v) is 4.42. The minimum Gasteiger partial charge on any atom is -0.338 e. The SMILES string of the molecule is CC(C(=O)N1CCN(S(=O)(=O)c2ccc(F)c(Cl)c2)CC1)n1cncn1. The Hall–Kier alpha value is -2.04. The van der Waals surface area contributed by atoms with Crippen molar-refractivity contribution in [1.82, 2.24) is 24.0 Å². The lowest BCUT2D eigenvalue weighted by atomic mass is 10.2. The number of sulfonamides is 1. The lowest BCUT2D eigenvalue weighted by molar-refractivity contribution is -0.135. The van der Waals surface area contributed by atoms with E-state index >= 15 is 0 Å². The van der Waals surface area contributed by atoms with Crippen molar-refractivity contribution in [2.24, 2.45) is 0 Å². The molecule has 0 spiro atoms. The molecular weight excluding hydrogens is 385 g/mol. The van der Waals surface area contributed by atoms with E-state index in [1.807, 2.05) is 0 Å². The molecule has 1 aliphatic heterocycles. The Labute approximate surface area is 155 Å². The molecule has 1 unspecified atom stereocenters. The quantitative estimate of drug-likeness (QED) is 0.767. The Morgan fingerprint density at radius 2 is 1.96 bits per heavy atom. The topological polar surface area (TPSA) is 88.4 Å². The molecular formula is C15H17ClFN5O3S. The van der Waals surface area contributed by atoms with Crippen molar-refractivity contribution < 1.29 is 17.6 Å². The van der Waals surface area contributed by atoms with E-state index in [0.29, 0.717) is 0 Å². The molecule has 2 aromatic rings. The number of carbonyl (C=O) groups excluding carboxylic acids is 1. The maximum atomic E-state index is 13.3. The first-order chi connectivity index (χ1) is 12.3. The summed E-state index contributed by atoms with van der Waals surface area (Å²) < 4.78 is 41.3. The van der Waals surface area contributed by atoms with Crippen LogP contribution in [-0.4, -0.2) is 64.5 Å². The van der Waals surface area contributed by atoms with Crippen LogP contribution in [0.1, 0.15) is 13.0 Å². The number of halogens is 2. The van der Waals surface area contributed by atoms with Crippen LogP contribution in [0.4, 0.5) is 4.39 Å². The van der Waals surface area contributed by atoms with Crippen LogP contribution in [0.5, 0.6) is 0 Å². The van der Waals surface area contributed by atoms with E-state index in [9.17, 15) is 17.6 Å². The third-order valence-corrected chi connectivity index (χ3v) is 6.45. The van der Waals surface area contributed by atoms with Gasteiger partial charge in [0.05, 0.1) is 9.92 Å². The summed E-state index contributed by atoms with van der Waals surface area (Å²) in [6, 6.07) is 2.78. The van der Waals surface area contributed by atoms with Crippen LogP contribution in [0.3, 0.4) is 0 Å². The fraction of sp³-hybridized carbons (Fsp3) is 0.400. The molecule has 0 N–H and O–H groups in total. The molecule has 1 atom stereocenters. The Morgan fingerprint density at radius 1 is 1.27 bits per heavy atom. The van der Waals surface area contributed by atoms with E-state index < -0.39 is 21.9 Å². The largest absolute Gasteiger partial charge is 0.338 e. The second-order valence-corrected chi connectivity index (χ2v) is 8.20. The average Bonchev–Trinajstić information content (AvgIpc) is 3.17. The Bertz CT molecular complexity index is 898. The predicted molar refractivity (Wildman–Crippen MR) is 91.5 cm³/mol. The van der Waals surface area contributed by atoms with E-state index in [4.69, 9.17) is 11.6 Å². The molecule has 26 heavy (non-hydrogen) atoms. The van der Waals surface area contributed by atoms with Gasteiger partial charge < -0.3 is 4.90 Å². The Kier molecular flexibility index (Phi) is 5.26. The van der Waals surface area contributed by atoms with Crippen LogP contribution in [0.25, 0.3) is 0 Å². The number of carbonyl (C=O) groups is 1. The highest BCUT2D eigenvalue weighted by molar-refractivity contribution is 7.89. The van der Waals surface area contributed by atoms with Crippen LogP contribution < -0.4 is 0 Å². The normalized spacial score (nSPS) is 17.3. The predicted octanol–water partition coefficient (Wildman–Crippen LogP) is 1.16. The van der Waals surface area contributed by atoms with E-state index in [0.717, 1.165) is 12.1 Å². The molecule has 0 radical (unpaired) electrons. The zero-order chi connectivity index (χ0) is 18.9. The highest BCUT2D eigenvalue weighted by Crippen LogP contribution is 2.23. The second kappa shape index (κ2) is 7.29. The highest BCUT2D eigenvalue weighted by Gasteiger charge is 2.32. The summed E-state index contributed by atoms with van der Waals surface area (Å²) in [4.78, 5) is 17.9. The standard InChI is InChI=1S/C15H17ClFN5O3S/c1-11(22-10-18-9-19-22)15(23)20-4-6-21(7-5-20)26(24,25)12-2-3-14(17)13(16)8-12/h2-3,8-11H,4-7H2,1H3. The minimum atomic E-state index is -3.80. The molecule has 1 aromatic carbocycles. The number of benzene rings is 1. The summed E-state index contributed by atoms with van der Waals surface area (Å²) >= 11 is 5.68. The first-order valence-corrected chi connectivity index (χ1v) is 9.70. The maximum Gasteiger partial charge on any atom is 0.247 e. The molecule has 0 saturated carbocycles. The molecule has 1 saturated heterocycles. The monoisotopic (exact) mass is 401 g/mol. The molecule has 0 bridgehead atoms. The summed E-state index contributed by atoms with van der Waals surface area (Å²) in [5, 5.41) is 3.70. The van der Waals surface area contributed by atoms with E-state index in [1.165, 1.54) is 27.7 Å². The van der Waals surface area contributed by atoms with Crippen molar-refractivity contribution in [2.75, 3.05) is 26.2 Å². The molecule has 3 rings (SSSR count). The summed E-state index contributed by atoms with van der Waals surface area (Å²) in [6.07, 6.45) is 2.81. The van der Waals surface area contributed by atoms with Gasteiger partial charge in [-0.15, -0.1) is 0 Å². The van der Waals surface area contributed by atoms with Gasteiger partial charge in [0, 0.05) is 26.2 Å².